The summed E-state index contributed by atoms with van der Waals surface area (Å²) in [5.41, 5.74) is 3.58. The monoisotopic (exact) mass is 235 g/mol. The minimum atomic E-state index is -1.35. The number of carbonyl (C=O) groups is 1. The Morgan fingerprint density at radius 2 is 2.31 bits per heavy atom. The van der Waals surface area contributed by atoms with E-state index in [4.69, 9.17) is 5.11 Å². The van der Waals surface area contributed by atoms with Gasteiger partial charge in [0, 0.05) is 0 Å². The van der Waals surface area contributed by atoms with Gasteiger partial charge >= 0.3 is 6.16 Å². The van der Waals surface area contributed by atoms with Crippen molar-refractivity contribution in [2.24, 2.45) is 0 Å². The Morgan fingerprint density at radius 3 is 3.00 bits per heavy atom. The minimum Gasteiger partial charge on any atom is -0.449 e. The maximum atomic E-state index is 10.5. The van der Waals surface area contributed by atoms with E-state index in [0.717, 1.165) is 16.0 Å². The Morgan fingerprint density at radius 1 is 1.50 bits per heavy atom. The standard InChI is InChI=1S/C11H9NO3S/c1-7-3-2-4-8(5-7)9-10(12-6-16-9)15-11(13)14/h2-6H,1H3,(H,13,14). The van der Waals surface area contributed by atoms with Crippen LogP contribution in [0.2, 0.25) is 0 Å². The number of nitrogens with zero attached hydrogens (tertiary/aromatic N) is 1. The van der Waals surface area contributed by atoms with Crippen LogP contribution in [-0.4, -0.2) is 16.2 Å². The van der Waals surface area contributed by atoms with Gasteiger partial charge in [-0.2, -0.15) is 0 Å². The zero-order valence-corrected chi connectivity index (χ0v) is 9.32. The number of rotatable bonds is 2. The molecule has 16 heavy (non-hydrogen) atoms. The molecule has 82 valence electrons. The summed E-state index contributed by atoms with van der Waals surface area (Å²) in [6.07, 6.45) is -1.35. The van der Waals surface area contributed by atoms with Gasteiger partial charge in [-0.15, -0.1) is 11.3 Å². The first-order valence-corrected chi connectivity index (χ1v) is 5.46. The summed E-state index contributed by atoms with van der Waals surface area (Å²) < 4.78 is 4.60. The van der Waals surface area contributed by atoms with Gasteiger partial charge in [0.25, 0.3) is 0 Å². The number of aryl methyl sites for hydroxylation is 1. The third-order valence-electron chi connectivity index (χ3n) is 2.00. The van der Waals surface area contributed by atoms with Gasteiger partial charge in [-0.05, 0) is 12.5 Å². The summed E-state index contributed by atoms with van der Waals surface area (Å²) in [5.74, 6) is 0.142. The maximum Gasteiger partial charge on any atom is 0.512 e. The van der Waals surface area contributed by atoms with Gasteiger partial charge in [0.05, 0.1) is 10.4 Å². The normalized spacial score (nSPS) is 10.1. The Bertz CT molecular complexity index is 521. The van der Waals surface area contributed by atoms with Gasteiger partial charge in [-0.1, -0.05) is 29.8 Å². The minimum absolute atomic E-state index is 0.142. The number of hydrogen-bond donors (Lipinski definition) is 1. The fourth-order valence-corrected chi connectivity index (χ4v) is 2.08. The van der Waals surface area contributed by atoms with E-state index in [-0.39, 0.29) is 5.88 Å². The van der Waals surface area contributed by atoms with E-state index in [1.807, 2.05) is 31.2 Å². The number of thiazole rings is 1. The van der Waals surface area contributed by atoms with E-state index < -0.39 is 6.16 Å². The summed E-state index contributed by atoms with van der Waals surface area (Å²) in [4.78, 5) is 15.1. The molecule has 0 amide bonds. The lowest BCUT2D eigenvalue weighted by atomic mass is 10.1. The summed E-state index contributed by atoms with van der Waals surface area (Å²) >= 11 is 1.35. The second kappa shape index (κ2) is 4.32. The molecule has 0 saturated carbocycles. The molecule has 2 rings (SSSR count). The van der Waals surface area contributed by atoms with Crippen LogP contribution in [0.15, 0.2) is 29.8 Å². The Kier molecular flexibility index (Phi) is 2.87. The highest BCUT2D eigenvalue weighted by Gasteiger charge is 2.12. The van der Waals surface area contributed by atoms with Crippen molar-refractivity contribution in [3.8, 4) is 16.3 Å². The lowest BCUT2D eigenvalue weighted by Gasteiger charge is -2.01. The molecular formula is C11H9NO3S. The first-order valence-electron chi connectivity index (χ1n) is 4.58. The van der Waals surface area contributed by atoms with E-state index in [1.165, 1.54) is 11.3 Å². The van der Waals surface area contributed by atoms with Crippen molar-refractivity contribution in [2.75, 3.05) is 0 Å². The van der Waals surface area contributed by atoms with Crippen molar-refractivity contribution in [1.82, 2.24) is 4.98 Å². The summed E-state index contributed by atoms with van der Waals surface area (Å²) in [7, 11) is 0. The van der Waals surface area contributed by atoms with Gasteiger partial charge in [0.2, 0.25) is 5.88 Å². The number of hydrogen-bond acceptors (Lipinski definition) is 4. The number of aromatic nitrogens is 1. The second-order valence-corrected chi connectivity index (χ2v) is 4.08. The van der Waals surface area contributed by atoms with Crippen LogP contribution in [0.3, 0.4) is 0 Å². The molecule has 0 saturated heterocycles. The predicted molar refractivity (Wildman–Crippen MR) is 60.9 cm³/mol. The SMILES string of the molecule is Cc1cccc(-c2scnc2OC(=O)O)c1. The maximum absolute atomic E-state index is 10.5. The highest BCUT2D eigenvalue weighted by Crippen LogP contribution is 2.33. The van der Waals surface area contributed by atoms with Crippen molar-refractivity contribution >= 4 is 17.5 Å². The topological polar surface area (TPSA) is 59.4 Å². The Labute approximate surface area is 96.1 Å². The molecule has 1 heterocycles. The van der Waals surface area contributed by atoms with Crippen molar-refractivity contribution < 1.29 is 14.6 Å². The number of carboxylic acid groups (broad SMARTS) is 1. The lowest BCUT2D eigenvalue weighted by molar-refractivity contribution is 0.143. The van der Waals surface area contributed by atoms with Crippen LogP contribution in [0.4, 0.5) is 4.79 Å². The summed E-state index contributed by atoms with van der Waals surface area (Å²) in [5, 5.41) is 8.55. The van der Waals surface area contributed by atoms with Crippen molar-refractivity contribution in [1.29, 1.82) is 0 Å². The van der Waals surface area contributed by atoms with Crippen molar-refractivity contribution in [3.05, 3.63) is 35.3 Å². The van der Waals surface area contributed by atoms with Gasteiger partial charge in [-0.25, -0.2) is 9.78 Å². The Hall–Kier alpha value is -1.88. The van der Waals surface area contributed by atoms with Gasteiger partial charge in [0.1, 0.15) is 0 Å². The molecular weight excluding hydrogens is 226 g/mol. The average molecular weight is 235 g/mol. The molecule has 4 nitrogen and oxygen atoms in total. The first kappa shape index (κ1) is 10.6. The summed E-state index contributed by atoms with van der Waals surface area (Å²) in [6.45, 7) is 1.97. The molecule has 0 aliphatic carbocycles. The third kappa shape index (κ3) is 2.20. The molecule has 0 aliphatic rings. The summed E-state index contributed by atoms with van der Waals surface area (Å²) in [6, 6.07) is 7.74. The fourth-order valence-electron chi connectivity index (χ4n) is 1.37. The zero-order chi connectivity index (χ0) is 11.5. The van der Waals surface area contributed by atoms with Crippen LogP contribution in [0.5, 0.6) is 5.88 Å². The number of benzene rings is 1. The molecule has 0 fully saturated rings. The Balaban J connectivity index is 2.40. The molecule has 1 N–H and O–H groups in total. The molecule has 0 spiro atoms. The van der Waals surface area contributed by atoms with Gasteiger partial charge < -0.3 is 9.84 Å². The van der Waals surface area contributed by atoms with E-state index in [2.05, 4.69) is 9.72 Å². The van der Waals surface area contributed by atoms with Crippen LogP contribution >= 0.6 is 11.3 Å². The quantitative estimate of drug-likeness (QED) is 0.812. The largest absolute Gasteiger partial charge is 0.512 e. The van der Waals surface area contributed by atoms with Crippen LogP contribution in [0.1, 0.15) is 5.56 Å². The van der Waals surface area contributed by atoms with E-state index in [0.29, 0.717) is 0 Å². The third-order valence-corrected chi connectivity index (χ3v) is 2.86. The molecule has 0 unspecified atom stereocenters. The van der Waals surface area contributed by atoms with E-state index in [1.54, 1.807) is 5.51 Å². The first-order chi connectivity index (χ1) is 7.66. The number of ether oxygens (including phenoxy) is 1. The van der Waals surface area contributed by atoms with E-state index >= 15 is 0 Å². The highest BCUT2D eigenvalue weighted by atomic mass is 32.1. The molecule has 2 aromatic rings. The van der Waals surface area contributed by atoms with E-state index in [9.17, 15) is 4.79 Å². The molecule has 0 aliphatic heterocycles. The fraction of sp³-hybridized carbons (Fsp3) is 0.0909. The average Bonchev–Trinajstić information content (AvgIpc) is 2.65. The van der Waals surface area contributed by atoms with Gasteiger partial charge in [-0.3, -0.25) is 0 Å². The lowest BCUT2D eigenvalue weighted by Crippen LogP contribution is -2.03. The molecule has 0 atom stereocenters. The molecule has 0 radical (unpaired) electrons. The van der Waals surface area contributed by atoms with Crippen molar-refractivity contribution in [2.45, 2.75) is 6.92 Å². The second-order valence-electron chi connectivity index (χ2n) is 3.22. The molecule has 5 heteroatoms. The zero-order valence-electron chi connectivity index (χ0n) is 8.51. The van der Waals surface area contributed by atoms with Crippen LogP contribution in [0.25, 0.3) is 10.4 Å². The molecule has 1 aromatic heterocycles. The van der Waals surface area contributed by atoms with Crippen LogP contribution in [0, 0.1) is 6.92 Å². The predicted octanol–water partition coefficient (Wildman–Crippen LogP) is 3.18. The van der Waals surface area contributed by atoms with Crippen LogP contribution < -0.4 is 4.74 Å². The molecule has 1 aromatic carbocycles. The van der Waals surface area contributed by atoms with Gasteiger partial charge in [0.15, 0.2) is 0 Å². The van der Waals surface area contributed by atoms with Crippen LogP contribution in [-0.2, 0) is 0 Å². The van der Waals surface area contributed by atoms with Crippen molar-refractivity contribution in [3.63, 3.8) is 0 Å². The highest BCUT2D eigenvalue weighted by molar-refractivity contribution is 7.13. The smallest absolute Gasteiger partial charge is 0.449 e. The molecule has 0 bridgehead atoms.